The van der Waals surface area contributed by atoms with Gasteiger partial charge in [-0.05, 0) is 63.4 Å². The van der Waals surface area contributed by atoms with E-state index >= 15 is 0 Å². The minimum Gasteiger partial charge on any atom is -0.379 e. The third kappa shape index (κ3) is 10.6. The van der Waals surface area contributed by atoms with E-state index in [1.807, 2.05) is 49.3 Å². The van der Waals surface area contributed by atoms with Crippen LogP contribution in [-0.4, -0.2) is 95.8 Å². The Morgan fingerprint density at radius 2 is 1.71 bits per heavy atom. The number of benzene rings is 1. The number of likely N-dealkylation sites (N-methyl/N-ethyl adjacent to an activating group) is 1. The number of carbonyl (C=O) groups excluding carboxylic acids is 4. The summed E-state index contributed by atoms with van der Waals surface area (Å²) in [4.78, 5) is 63.1. The van der Waals surface area contributed by atoms with E-state index in [2.05, 4.69) is 17.1 Å². The van der Waals surface area contributed by atoms with E-state index < -0.39 is 29.6 Å². The number of likely N-dealkylation sites (tertiary alicyclic amines) is 1. The summed E-state index contributed by atoms with van der Waals surface area (Å²) in [5.74, 6) is -1.09. The van der Waals surface area contributed by atoms with Gasteiger partial charge >= 0.3 is 0 Å². The molecule has 51 heavy (non-hydrogen) atoms. The Morgan fingerprint density at radius 3 is 2.25 bits per heavy atom. The van der Waals surface area contributed by atoms with Gasteiger partial charge in [-0.3, -0.25) is 19.2 Å². The lowest BCUT2D eigenvalue weighted by molar-refractivity contribution is -0.148. The first kappa shape index (κ1) is 40.8. The first-order valence-corrected chi connectivity index (χ1v) is 19.5. The number of amides is 2. The normalized spacial score (nSPS) is 20.0. The van der Waals surface area contributed by atoms with E-state index in [1.54, 1.807) is 57.5 Å². The smallest absolute Gasteiger partial charge is 0.226 e. The summed E-state index contributed by atoms with van der Waals surface area (Å²) >= 11 is 1.57. The zero-order valence-corrected chi connectivity index (χ0v) is 32.7. The highest BCUT2D eigenvalue weighted by molar-refractivity contribution is 7.09. The molecule has 1 saturated heterocycles. The van der Waals surface area contributed by atoms with Crippen LogP contribution in [0.1, 0.15) is 96.1 Å². The van der Waals surface area contributed by atoms with Crippen molar-refractivity contribution in [2.75, 3.05) is 27.8 Å². The number of Topliss-reactive ketones (excluding diaryl/α,β-unsaturated/α-hetero) is 2. The zero-order valence-electron chi connectivity index (χ0n) is 31.9. The van der Waals surface area contributed by atoms with Gasteiger partial charge in [-0.25, -0.2) is 4.98 Å². The molecule has 2 N–H and O–H groups in total. The third-order valence-corrected chi connectivity index (χ3v) is 12.0. The van der Waals surface area contributed by atoms with Crippen LogP contribution in [0, 0.1) is 23.7 Å². The van der Waals surface area contributed by atoms with Crippen LogP contribution in [0.25, 0.3) is 0 Å². The van der Waals surface area contributed by atoms with Crippen molar-refractivity contribution in [3.05, 3.63) is 52.5 Å². The van der Waals surface area contributed by atoms with Crippen LogP contribution in [0.3, 0.4) is 0 Å². The van der Waals surface area contributed by atoms with E-state index in [4.69, 9.17) is 15.2 Å². The quantitative estimate of drug-likeness (QED) is 0.185. The number of hydrogen-bond acceptors (Lipinski definition) is 9. The van der Waals surface area contributed by atoms with Crippen LogP contribution in [0.15, 0.2) is 41.9 Å². The van der Waals surface area contributed by atoms with Crippen molar-refractivity contribution in [2.24, 2.45) is 29.4 Å². The number of carbonyl (C=O) groups is 4. The Balaban J connectivity index is 1.46. The van der Waals surface area contributed by atoms with E-state index in [0.29, 0.717) is 13.0 Å². The second-order valence-electron chi connectivity index (χ2n) is 15.7. The van der Waals surface area contributed by atoms with Crippen molar-refractivity contribution in [3.63, 3.8) is 0 Å². The Labute approximate surface area is 308 Å². The van der Waals surface area contributed by atoms with Gasteiger partial charge in [0.15, 0.2) is 5.78 Å². The highest BCUT2D eigenvalue weighted by atomic mass is 32.1. The number of ketones is 2. The largest absolute Gasteiger partial charge is 0.379 e. The lowest BCUT2D eigenvalue weighted by atomic mass is 9.84. The Bertz CT molecular complexity index is 1440. The molecule has 2 fully saturated rings. The number of nitrogens with zero attached hydrogens (tertiary/aromatic N) is 3. The van der Waals surface area contributed by atoms with Gasteiger partial charge in [0, 0.05) is 70.0 Å². The molecule has 1 aromatic carbocycles. The molecule has 282 valence electrons. The van der Waals surface area contributed by atoms with Crippen LogP contribution in [0.4, 0.5) is 0 Å². The summed E-state index contributed by atoms with van der Waals surface area (Å²) in [6.07, 6.45) is 5.48. The monoisotopic (exact) mass is 724 g/mol. The lowest BCUT2D eigenvalue weighted by Crippen LogP contribution is -2.53. The van der Waals surface area contributed by atoms with Crippen molar-refractivity contribution in [1.82, 2.24) is 14.8 Å². The summed E-state index contributed by atoms with van der Waals surface area (Å²) in [6.45, 7) is 9.73. The van der Waals surface area contributed by atoms with Gasteiger partial charge in [-0.1, -0.05) is 51.1 Å². The average molecular weight is 725 g/mol. The van der Waals surface area contributed by atoms with Crippen LogP contribution < -0.4 is 5.73 Å². The van der Waals surface area contributed by atoms with Gasteiger partial charge in [0.1, 0.15) is 5.78 Å². The van der Waals surface area contributed by atoms with Gasteiger partial charge in [-0.2, -0.15) is 0 Å². The SMILES string of the molecule is CO[C@H]([C@@H](C)C(=O)C[C@@H](Cc1ccccc1)c1nccs1)[C@@H]1CCCN1C(=O)C[C@@H](OC)[C@H](C1CC1)N(C)C(=O)[C@@H](CC(=O)C(C)(C)N)C(C)C. The molecule has 0 bridgehead atoms. The predicted octanol–water partition coefficient (Wildman–Crippen LogP) is 5.68. The van der Waals surface area contributed by atoms with E-state index in [9.17, 15) is 19.2 Å². The molecule has 4 rings (SSSR count). The fourth-order valence-corrected chi connectivity index (χ4v) is 8.49. The van der Waals surface area contributed by atoms with Gasteiger partial charge < -0.3 is 25.0 Å². The van der Waals surface area contributed by atoms with Crippen molar-refractivity contribution in [1.29, 1.82) is 0 Å². The van der Waals surface area contributed by atoms with Crippen molar-refractivity contribution >= 4 is 34.7 Å². The summed E-state index contributed by atoms with van der Waals surface area (Å²) in [5.41, 5.74) is 6.22. The fraction of sp³-hybridized carbons (Fsp3) is 0.675. The molecule has 1 aliphatic heterocycles. The molecule has 0 spiro atoms. The van der Waals surface area contributed by atoms with E-state index in [-0.39, 0.29) is 66.1 Å². The molecule has 1 saturated carbocycles. The van der Waals surface area contributed by atoms with Crippen LogP contribution in [-0.2, 0) is 35.1 Å². The third-order valence-electron chi connectivity index (χ3n) is 11.1. The number of methoxy groups -OCH3 is 2. The van der Waals surface area contributed by atoms with Crippen LogP contribution in [0.2, 0.25) is 0 Å². The lowest BCUT2D eigenvalue weighted by Gasteiger charge is -2.38. The molecule has 10 nitrogen and oxygen atoms in total. The van der Waals surface area contributed by atoms with Crippen molar-refractivity contribution in [2.45, 2.75) is 122 Å². The first-order valence-electron chi connectivity index (χ1n) is 18.6. The molecule has 1 aliphatic carbocycles. The Morgan fingerprint density at radius 1 is 1.02 bits per heavy atom. The van der Waals surface area contributed by atoms with E-state index in [0.717, 1.165) is 42.7 Å². The maximum absolute atomic E-state index is 14.1. The summed E-state index contributed by atoms with van der Waals surface area (Å²) in [6, 6.07) is 9.61. The summed E-state index contributed by atoms with van der Waals surface area (Å²) in [7, 11) is 5.00. The minimum absolute atomic E-state index is 0.0436. The topological polar surface area (TPSA) is 132 Å². The highest BCUT2D eigenvalue weighted by Crippen LogP contribution is 2.40. The fourth-order valence-electron chi connectivity index (χ4n) is 7.75. The van der Waals surface area contributed by atoms with E-state index in [1.165, 1.54) is 0 Å². The number of rotatable bonds is 20. The van der Waals surface area contributed by atoms with Crippen molar-refractivity contribution < 1.29 is 28.7 Å². The van der Waals surface area contributed by atoms with Gasteiger partial charge in [0.25, 0.3) is 0 Å². The van der Waals surface area contributed by atoms with Crippen LogP contribution >= 0.6 is 11.3 Å². The number of thiazole rings is 1. The molecule has 2 aliphatic rings. The summed E-state index contributed by atoms with van der Waals surface area (Å²) in [5, 5.41) is 2.89. The zero-order chi connectivity index (χ0) is 37.5. The number of ether oxygens (including phenoxy) is 2. The standard InChI is InChI=1S/C40H60N4O6S/c1-25(2)30(23-34(46)40(4,5)41)39(48)43(6)36(28-16-17-28)33(49-7)24-35(47)44-19-12-15-31(44)37(50-8)26(3)32(45)22-29(38-42-18-20-51-38)21-27-13-10-9-11-14-27/h9-11,13-14,18,20,25-26,28-31,33,36-37H,12,15-17,19,21-24,41H2,1-8H3/t26-,29+,30-,31-,33+,36-,37+/m0/s1. The number of hydrogen-bond donors (Lipinski definition) is 1. The molecule has 2 heterocycles. The maximum atomic E-state index is 14.1. The second kappa shape index (κ2) is 18.2. The van der Waals surface area contributed by atoms with Gasteiger partial charge in [0.2, 0.25) is 11.8 Å². The summed E-state index contributed by atoms with van der Waals surface area (Å²) < 4.78 is 12.0. The molecule has 0 unspecified atom stereocenters. The molecule has 7 atom stereocenters. The molecule has 11 heteroatoms. The van der Waals surface area contributed by atoms with Gasteiger partial charge in [0.05, 0.1) is 41.3 Å². The number of nitrogens with two attached hydrogens (primary N) is 1. The van der Waals surface area contributed by atoms with Crippen molar-refractivity contribution in [3.8, 4) is 0 Å². The Kier molecular flexibility index (Phi) is 14.5. The van der Waals surface area contributed by atoms with Gasteiger partial charge in [-0.15, -0.1) is 11.3 Å². The van der Waals surface area contributed by atoms with Crippen LogP contribution in [0.5, 0.6) is 0 Å². The molecular weight excluding hydrogens is 665 g/mol. The minimum atomic E-state index is -1.02. The highest BCUT2D eigenvalue weighted by Gasteiger charge is 2.46. The molecule has 2 aromatic rings. The maximum Gasteiger partial charge on any atom is 0.226 e. The molecule has 0 radical (unpaired) electrons. The Hall–Kier alpha value is -2.99. The second-order valence-corrected chi connectivity index (χ2v) is 16.6. The first-order chi connectivity index (χ1) is 24.2. The number of aromatic nitrogens is 1. The predicted molar refractivity (Wildman–Crippen MR) is 200 cm³/mol. The molecule has 2 amide bonds. The molecular formula is C40H60N4O6S. The average Bonchev–Trinajstić information content (AvgIpc) is 3.54. The molecule has 1 aromatic heterocycles.